The number of nitrogens with one attached hydrogen (secondary N) is 1. The fourth-order valence-electron chi connectivity index (χ4n) is 1.84. The van der Waals surface area contributed by atoms with E-state index >= 15 is 0 Å². The summed E-state index contributed by atoms with van der Waals surface area (Å²) in [6, 6.07) is 0.467. The van der Waals surface area contributed by atoms with Gasteiger partial charge in [-0.3, -0.25) is 0 Å². The summed E-state index contributed by atoms with van der Waals surface area (Å²) >= 11 is 0. The van der Waals surface area contributed by atoms with E-state index in [0.29, 0.717) is 6.04 Å². The lowest BCUT2D eigenvalue weighted by atomic mass is 10.1. The Balaban J connectivity index is 3.68. The molecule has 0 rings (SSSR count). The van der Waals surface area contributed by atoms with Gasteiger partial charge in [0.25, 0.3) is 0 Å². The van der Waals surface area contributed by atoms with Crippen molar-refractivity contribution in [1.82, 2.24) is 10.2 Å². The minimum Gasteiger partial charge on any atom is -0.409 e. The Morgan fingerprint density at radius 1 is 1.33 bits per heavy atom. The van der Waals surface area contributed by atoms with Crippen LogP contribution in [-0.2, 0) is 0 Å². The van der Waals surface area contributed by atoms with Gasteiger partial charge in [0.2, 0.25) is 0 Å². The fourth-order valence-corrected chi connectivity index (χ4v) is 1.84. The molecule has 0 aliphatic rings. The van der Waals surface area contributed by atoms with Gasteiger partial charge in [0.1, 0.15) is 5.84 Å². The van der Waals surface area contributed by atoms with E-state index < -0.39 is 0 Å². The summed E-state index contributed by atoms with van der Waals surface area (Å²) in [6.07, 6.45) is 2.35. The monoisotopic (exact) mass is 258 g/mol. The van der Waals surface area contributed by atoms with Crippen LogP contribution in [0.2, 0.25) is 0 Å². The molecule has 4 N–H and O–H groups in total. The highest BCUT2D eigenvalue weighted by molar-refractivity contribution is 5.82. The van der Waals surface area contributed by atoms with Crippen molar-refractivity contribution in [2.45, 2.75) is 46.6 Å². The van der Waals surface area contributed by atoms with Gasteiger partial charge >= 0.3 is 0 Å². The van der Waals surface area contributed by atoms with Crippen LogP contribution in [0.1, 0.15) is 40.5 Å². The van der Waals surface area contributed by atoms with Crippen molar-refractivity contribution in [2.75, 3.05) is 26.2 Å². The van der Waals surface area contributed by atoms with E-state index in [4.69, 9.17) is 10.9 Å². The number of nitrogens with zero attached hydrogens (tertiary/aromatic N) is 2. The molecule has 0 radical (unpaired) electrons. The van der Waals surface area contributed by atoms with Crippen LogP contribution in [0.25, 0.3) is 0 Å². The minimum absolute atomic E-state index is 0.0697. The van der Waals surface area contributed by atoms with E-state index in [1.54, 1.807) is 0 Å². The number of hydrogen-bond acceptors (Lipinski definition) is 4. The number of oxime groups is 1. The average Bonchev–Trinajstić information content (AvgIpc) is 2.39. The Hall–Kier alpha value is -0.810. The lowest BCUT2D eigenvalue weighted by molar-refractivity contribution is 0.290. The molecule has 5 heteroatoms. The third-order valence-electron chi connectivity index (χ3n) is 3.40. The molecule has 0 amide bonds. The topological polar surface area (TPSA) is 73.9 Å². The van der Waals surface area contributed by atoms with E-state index in [0.717, 1.165) is 32.6 Å². The van der Waals surface area contributed by atoms with Gasteiger partial charge in [0, 0.05) is 18.5 Å². The van der Waals surface area contributed by atoms with Crippen molar-refractivity contribution in [3.05, 3.63) is 0 Å². The molecule has 0 aromatic rings. The molecule has 0 aliphatic heterocycles. The summed E-state index contributed by atoms with van der Waals surface area (Å²) in [6.45, 7) is 12.7. The zero-order valence-electron chi connectivity index (χ0n) is 12.3. The summed E-state index contributed by atoms with van der Waals surface area (Å²) in [5.74, 6) is 0.359. The molecule has 0 aromatic carbocycles. The second kappa shape index (κ2) is 10.1. The van der Waals surface area contributed by atoms with Gasteiger partial charge < -0.3 is 21.2 Å². The molecule has 0 bridgehead atoms. The molecule has 0 spiro atoms. The van der Waals surface area contributed by atoms with Crippen LogP contribution in [0.5, 0.6) is 0 Å². The molecule has 5 nitrogen and oxygen atoms in total. The van der Waals surface area contributed by atoms with Gasteiger partial charge in [-0.25, -0.2) is 0 Å². The van der Waals surface area contributed by atoms with Crippen molar-refractivity contribution in [3.63, 3.8) is 0 Å². The number of hydrogen-bond donors (Lipinski definition) is 3. The normalized spacial score (nSPS) is 15.9. The first-order valence-electron chi connectivity index (χ1n) is 6.98. The van der Waals surface area contributed by atoms with Crippen LogP contribution in [0.15, 0.2) is 5.16 Å². The third kappa shape index (κ3) is 7.50. The number of rotatable bonds is 10. The summed E-state index contributed by atoms with van der Waals surface area (Å²) < 4.78 is 0. The first kappa shape index (κ1) is 17.2. The quantitative estimate of drug-likeness (QED) is 0.240. The zero-order chi connectivity index (χ0) is 14.0. The van der Waals surface area contributed by atoms with Gasteiger partial charge in [-0.15, -0.1) is 0 Å². The van der Waals surface area contributed by atoms with Crippen LogP contribution >= 0.6 is 0 Å². The largest absolute Gasteiger partial charge is 0.409 e. The molecule has 2 unspecified atom stereocenters. The summed E-state index contributed by atoms with van der Waals surface area (Å²) in [4.78, 5) is 2.44. The molecule has 2 atom stereocenters. The van der Waals surface area contributed by atoms with Crippen LogP contribution in [0, 0.1) is 5.92 Å². The Kier molecular flexibility index (Phi) is 9.69. The van der Waals surface area contributed by atoms with Crippen molar-refractivity contribution >= 4 is 5.84 Å². The highest BCUT2D eigenvalue weighted by Gasteiger charge is 2.09. The van der Waals surface area contributed by atoms with Gasteiger partial charge in [0.15, 0.2) is 0 Å². The lowest BCUT2D eigenvalue weighted by Gasteiger charge is -2.20. The number of nitrogens with two attached hydrogens (primary N) is 1. The van der Waals surface area contributed by atoms with E-state index in [9.17, 15) is 0 Å². The van der Waals surface area contributed by atoms with Crippen LogP contribution in [0.4, 0.5) is 0 Å². The van der Waals surface area contributed by atoms with Gasteiger partial charge in [-0.05, 0) is 39.4 Å². The van der Waals surface area contributed by atoms with Crippen LogP contribution in [0.3, 0.4) is 0 Å². The fraction of sp³-hybridized carbons (Fsp3) is 0.923. The molecular weight excluding hydrogens is 228 g/mol. The highest BCUT2D eigenvalue weighted by Crippen LogP contribution is 2.01. The first-order chi connectivity index (χ1) is 8.54. The minimum atomic E-state index is 0.0697. The Morgan fingerprint density at radius 2 is 1.94 bits per heavy atom. The zero-order valence-corrected chi connectivity index (χ0v) is 12.3. The van der Waals surface area contributed by atoms with E-state index in [2.05, 4.69) is 36.1 Å². The van der Waals surface area contributed by atoms with Crippen molar-refractivity contribution < 1.29 is 5.21 Å². The van der Waals surface area contributed by atoms with E-state index in [1.165, 1.54) is 6.42 Å². The van der Waals surface area contributed by atoms with E-state index in [1.807, 2.05) is 6.92 Å². The maximum Gasteiger partial charge on any atom is 0.143 e. The van der Waals surface area contributed by atoms with Gasteiger partial charge in [-0.1, -0.05) is 25.9 Å². The summed E-state index contributed by atoms with van der Waals surface area (Å²) in [7, 11) is 0. The Labute approximate surface area is 111 Å². The predicted molar refractivity (Wildman–Crippen MR) is 77.1 cm³/mol. The third-order valence-corrected chi connectivity index (χ3v) is 3.40. The van der Waals surface area contributed by atoms with Crippen molar-refractivity contribution in [1.29, 1.82) is 0 Å². The van der Waals surface area contributed by atoms with E-state index in [-0.39, 0.29) is 11.8 Å². The Bertz CT molecular complexity index is 229. The van der Waals surface area contributed by atoms with Crippen LogP contribution in [-0.4, -0.2) is 48.2 Å². The molecular formula is C13H30N4O. The van der Waals surface area contributed by atoms with Crippen molar-refractivity contribution in [2.24, 2.45) is 16.8 Å². The second-order valence-corrected chi connectivity index (χ2v) is 4.90. The van der Waals surface area contributed by atoms with Gasteiger partial charge in [0.05, 0.1) is 0 Å². The molecule has 18 heavy (non-hydrogen) atoms. The Morgan fingerprint density at radius 3 is 2.44 bits per heavy atom. The van der Waals surface area contributed by atoms with Crippen molar-refractivity contribution in [3.8, 4) is 0 Å². The lowest BCUT2D eigenvalue weighted by Crippen LogP contribution is -2.36. The standard InChI is InChI=1S/C13H30N4O/c1-5-17(6-2)9-7-8-12(4)15-10-11(3)13(14)16-18/h11-12,15,18H,5-10H2,1-4H3,(H2,14,16). The maximum atomic E-state index is 8.56. The molecule has 0 saturated carbocycles. The van der Waals surface area contributed by atoms with Crippen LogP contribution < -0.4 is 11.1 Å². The molecule has 0 fully saturated rings. The summed E-state index contributed by atoms with van der Waals surface area (Å²) in [5.41, 5.74) is 5.53. The predicted octanol–water partition coefficient (Wildman–Crippen LogP) is 1.47. The first-order valence-corrected chi connectivity index (χ1v) is 6.98. The molecule has 0 heterocycles. The van der Waals surface area contributed by atoms with Gasteiger partial charge in [-0.2, -0.15) is 0 Å². The smallest absolute Gasteiger partial charge is 0.143 e. The molecule has 108 valence electrons. The molecule has 0 saturated heterocycles. The average molecular weight is 258 g/mol. The molecule has 0 aliphatic carbocycles. The number of amidine groups is 1. The second-order valence-electron chi connectivity index (χ2n) is 4.90. The highest BCUT2D eigenvalue weighted by atomic mass is 16.4. The summed E-state index contributed by atoms with van der Waals surface area (Å²) in [5, 5.41) is 15.0. The SMILES string of the molecule is CCN(CC)CCCC(C)NCC(C)C(N)=NO. The molecule has 0 aromatic heterocycles. The maximum absolute atomic E-state index is 8.56.